The molecular formula is C16H22N2O2. The number of nitriles is 1. The summed E-state index contributed by atoms with van der Waals surface area (Å²) >= 11 is 0. The molecule has 1 saturated carbocycles. The molecule has 0 aliphatic heterocycles. The maximum Gasteiger partial charge on any atom is 0.161 e. The molecule has 1 aromatic carbocycles. The van der Waals surface area contributed by atoms with Gasteiger partial charge in [-0.15, -0.1) is 0 Å². The van der Waals surface area contributed by atoms with Gasteiger partial charge in [-0.25, -0.2) is 0 Å². The molecule has 0 saturated heterocycles. The number of benzene rings is 1. The Labute approximate surface area is 120 Å². The molecule has 0 radical (unpaired) electrons. The molecule has 4 heteroatoms. The Hall–Kier alpha value is -1.73. The van der Waals surface area contributed by atoms with Crippen LogP contribution in [0.2, 0.25) is 0 Å². The highest BCUT2D eigenvalue weighted by molar-refractivity contribution is 5.42. The van der Waals surface area contributed by atoms with Gasteiger partial charge in [0.2, 0.25) is 0 Å². The van der Waals surface area contributed by atoms with Gasteiger partial charge < -0.3 is 9.47 Å². The van der Waals surface area contributed by atoms with Crippen LogP contribution in [-0.4, -0.2) is 31.7 Å². The highest BCUT2D eigenvalue weighted by Gasteiger charge is 2.22. The lowest BCUT2D eigenvalue weighted by molar-refractivity contribution is 0.214. The Morgan fingerprint density at radius 3 is 2.50 bits per heavy atom. The van der Waals surface area contributed by atoms with E-state index in [1.54, 1.807) is 14.2 Å². The maximum atomic E-state index is 9.02. The van der Waals surface area contributed by atoms with Crippen LogP contribution in [0, 0.1) is 11.3 Å². The zero-order valence-corrected chi connectivity index (χ0v) is 12.3. The molecular weight excluding hydrogens is 252 g/mol. The minimum atomic E-state index is 0.485. The van der Waals surface area contributed by atoms with Gasteiger partial charge in [0, 0.05) is 12.6 Å². The van der Waals surface area contributed by atoms with Gasteiger partial charge in [-0.1, -0.05) is 18.9 Å². The van der Waals surface area contributed by atoms with Crippen molar-refractivity contribution in [2.75, 3.05) is 20.8 Å². The van der Waals surface area contributed by atoms with E-state index in [9.17, 15) is 0 Å². The van der Waals surface area contributed by atoms with Crippen molar-refractivity contribution in [2.45, 2.75) is 38.3 Å². The summed E-state index contributed by atoms with van der Waals surface area (Å²) in [5.41, 5.74) is 1.16. The normalized spacial score (nSPS) is 15.3. The monoisotopic (exact) mass is 274 g/mol. The third-order valence-electron chi connectivity index (χ3n) is 3.95. The molecule has 108 valence electrons. The van der Waals surface area contributed by atoms with E-state index in [-0.39, 0.29) is 0 Å². The number of nitrogens with zero attached hydrogens (tertiary/aromatic N) is 2. The van der Waals surface area contributed by atoms with Gasteiger partial charge in [0.05, 0.1) is 26.8 Å². The molecule has 1 aliphatic rings. The number of methoxy groups -OCH3 is 2. The molecule has 1 aromatic rings. The molecule has 2 rings (SSSR count). The first kappa shape index (κ1) is 14.7. The maximum absolute atomic E-state index is 9.02. The molecule has 0 amide bonds. The molecule has 0 heterocycles. The molecule has 4 nitrogen and oxygen atoms in total. The standard InChI is InChI=1S/C16H22N2O2/c1-19-15-8-7-13(11-16(15)20-2)12-18(10-9-17)14-5-3-4-6-14/h7-8,11,14H,3-6,10,12H2,1-2H3. The van der Waals surface area contributed by atoms with Crippen LogP contribution in [0.4, 0.5) is 0 Å². The van der Waals surface area contributed by atoms with Crippen molar-refractivity contribution in [1.29, 1.82) is 5.26 Å². The molecule has 1 aliphatic carbocycles. The summed E-state index contributed by atoms with van der Waals surface area (Å²) < 4.78 is 10.6. The third kappa shape index (κ3) is 3.43. The second kappa shape index (κ2) is 7.16. The lowest BCUT2D eigenvalue weighted by Gasteiger charge is -2.26. The van der Waals surface area contributed by atoms with Crippen molar-refractivity contribution in [1.82, 2.24) is 4.90 Å². The second-order valence-corrected chi connectivity index (χ2v) is 5.19. The van der Waals surface area contributed by atoms with E-state index in [4.69, 9.17) is 14.7 Å². The zero-order chi connectivity index (χ0) is 14.4. The van der Waals surface area contributed by atoms with Gasteiger partial charge >= 0.3 is 0 Å². The summed E-state index contributed by atoms with van der Waals surface area (Å²) in [4.78, 5) is 2.27. The highest BCUT2D eigenvalue weighted by atomic mass is 16.5. The zero-order valence-electron chi connectivity index (χ0n) is 12.3. The smallest absolute Gasteiger partial charge is 0.161 e. The van der Waals surface area contributed by atoms with E-state index >= 15 is 0 Å². The molecule has 0 bridgehead atoms. The number of hydrogen-bond acceptors (Lipinski definition) is 4. The van der Waals surface area contributed by atoms with Gasteiger partial charge in [0.25, 0.3) is 0 Å². The lowest BCUT2D eigenvalue weighted by Crippen LogP contribution is -2.33. The molecule has 0 aromatic heterocycles. The second-order valence-electron chi connectivity index (χ2n) is 5.19. The van der Waals surface area contributed by atoms with Crippen LogP contribution in [0.25, 0.3) is 0 Å². The van der Waals surface area contributed by atoms with Gasteiger partial charge in [-0.3, -0.25) is 4.90 Å². The quantitative estimate of drug-likeness (QED) is 0.748. The fourth-order valence-electron chi connectivity index (χ4n) is 2.89. The van der Waals surface area contributed by atoms with Crippen molar-refractivity contribution < 1.29 is 9.47 Å². The first-order chi connectivity index (χ1) is 9.78. The summed E-state index contributed by atoms with van der Waals surface area (Å²) in [6.07, 6.45) is 4.96. The Bertz CT molecular complexity index is 476. The summed E-state index contributed by atoms with van der Waals surface area (Å²) in [5, 5.41) is 9.02. The summed E-state index contributed by atoms with van der Waals surface area (Å²) in [6, 6.07) is 8.79. The predicted molar refractivity (Wildman–Crippen MR) is 77.8 cm³/mol. The minimum absolute atomic E-state index is 0.485. The Kier molecular flexibility index (Phi) is 5.25. The Balaban J connectivity index is 2.11. The first-order valence-corrected chi connectivity index (χ1v) is 7.10. The summed E-state index contributed by atoms with van der Waals surface area (Å²) in [6.45, 7) is 1.28. The van der Waals surface area contributed by atoms with Crippen LogP contribution in [0.15, 0.2) is 18.2 Å². The average molecular weight is 274 g/mol. The summed E-state index contributed by atoms with van der Waals surface area (Å²) in [5.74, 6) is 1.48. The van der Waals surface area contributed by atoms with Crippen LogP contribution in [0.1, 0.15) is 31.2 Å². The van der Waals surface area contributed by atoms with E-state index in [1.165, 1.54) is 25.7 Å². The molecule has 0 atom stereocenters. The van der Waals surface area contributed by atoms with Gasteiger partial charge in [0.1, 0.15) is 0 Å². The van der Waals surface area contributed by atoms with Crippen LogP contribution >= 0.6 is 0 Å². The molecule has 0 unspecified atom stereocenters. The number of ether oxygens (including phenoxy) is 2. The average Bonchev–Trinajstić information content (AvgIpc) is 3.00. The highest BCUT2D eigenvalue weighted by Crippen LogP contribution is 2.29. The summed E-state index contributed by atoms with van der Waals surface area (Å²) in [7, 11) is 3.28. The topological polar surface area (TPSA) is 45.5 Å². The Morgan fingerprint density at radius 1 is 1.20 bits per heavy atom. The van der Waals surface area contributed by atoms with Crippen LogP contribution in [-0.2, 0) is 6.54 Å². The fraction of sp³-hybridized carbons (Fsp3) is 0.562. The molecule has 1 fully saturated rings. The largest absolute Gasteiger partial charge is 0.493 e. The van der Waals surface area contributed by atoms with Gasteiger partial charge in [-0.2, -0.15) is 5.26 Å². The van der Waals surface area contributed by atoms with E-state index in [1.807, 2.05) is 18.2 Å². The van der Waals surface area contributed by atoms with Crippen LogP contribution in [0.5, 0.6) is 11.5 Å². The van der Waals surface area contributed by atoms with Crippen molar-refractivity contribution in [3.8, 4) is 17.6 Å². The van der Waals surface area contributed by atoms with Gasteiger partial charge in [0.15, 0.2) is 11.5 Å². The van der Waals surface area contributed by atoms with Crippen molar-refractivity contribution in [2.24, 2.45) is 0 Å². The minimum Gasteiger partial charge on any atom is -0.493 e. The van der Waals surface area contributed by atoms with E-state index in [2.05, 4.69) is 11.0 Å². The fourth-order valence-corrected chi connectivity index (χ4v) is 2.89. The number of hydrogen-bond donors (Lipinski definition) is 0. The number of rotatable bonds is 6. The Morgan fingerprint density at radius 2 is 1.90 bits per heavy atom. The predicted octanol–water partition coefficient (Wildman–Crippen LogP) is 2.97. The molecule has 0 spiro atoms. The van der Waals surface area contributed by atoms with Crippen molar-refractivity contribution in [3.63, 3.8) is 0 Å². The van der Waals surface area contributed by atoms with E-state index in [0.29, 0.717) is 12.6 Å². The van der Waals surface area contributed by atoms with Crippen LogP contribution in [0.3, 0.4) is 0 Å². The molecule has 20 heavy (non-hydrogen) atoms. The third-order valence-corrected chi connectivity index (χ3v) is 3.95. The lowest BCUT2D eigenvalue weighted by atomic mass is 10.1. The molecule has 0 N–H and O–H groups in total. The van der Waals surface area contributed by atoms with Crippen LogP contribution < -0.4 is 9.47 Å². The SMILES string of the molecule is COc1ccc(CN(CC#N)C2CCCC2)cc1OC. The van der Waals surface area contributed by atoms with E-state index in [0.717, 1.165) is 23.6 Å². The van der Waals surface area contributed by atoms with Crippen molar-refractivity contribution >= 4 is 0 Å². The first-order valence-electron chi connectivity index (χ1n) is 7.10. The van der Waals surface area contributed by atoms with Crippen molar-refractivity contribution in [3.05, 3.63) is 23.8 Å². The van der Waals surface area contributed by atoms with Gasteiger partial charge in [-0.05, 0) is 30.5 Å². The van der Waals surface area contributed by atoms with E-state index < -0.39 is 0 Å².